The third-order valence-electron chi connectivity index (χ3n) is 8.86. The van der Waals surface area contributed by atoms with Gasteiger partial charge >= 0.3 is 5.97 Å². The third-order valence-corrected chi connectivity index (χ3v) is 8.86. The van der Waals surface area contributed by atoms with E-state index in [1.54, 1.807) is 12.1 Å². The first kappa shape index (κ1) is 30.3. The number of nitrogens with zero attached hydrogens (tertiary/aromatic N) is 3. The van der Waals surface area contributed by atoms with E-state index in [0.29, 0.717) is 18.1 Å². The second kappa shape index (κ2) is 13.5. The maximum absolute atomic E-state index is 12.2. The molecule has 1 aliphatic carbocycles. The molecule has 0 fully saturated rings. The topological polar surface area (TPSA) is 84.8 Å². The van der Waals surface area contributed by atoms with E-state index in [4.69, 9.17) is 14.2 Å². The molecule has 4 aromatic rings. The lowest BCUT2D eigenvalue weighted by molar-refractivity contribution is 0.0450. The number of esters is 1. The van der Waals surface area contributed by atoms with E-state index in [0.717, 1.165) is 47.5 Å². The van der Waals surface area contributed by atoms with Gasteiger partial charge in [-0.25, -0.2) is 10.3 Å². The van der Waals surface area contributed by atoms with E-state index < -0.39 is 0 Å². The Morgan fingerprint density at radius 2 is 1.71 bits per heavy atom. The van der Waals surface area contributed by atoms with Gasteiger partial charge in [0.05, 0.1) is 5.56 Å². The molecule has 1 heterocycles. The molecular formula is C37H40N4O4. The van der Waals surface area contributed by atoms with Crippen LogP contribution in [-0.2, 0) is 17.8 Å². The predicted octanol–water partition coefficient (Wildman–Crippen LogP) is 7.66. The number of benzene rings is 4. The Balaban J connectivity index is 1.07. The van der Waals surface area contributed by atoms with E-state index in [9.17, 15) is 4.79 Å². The van der Waals surface area contributed by atoms with E-state index in [1.807, 2.05) is 42.4 Å². The van der Waals surface area contributed by atoms with Crippen LogP contribution >= 0.6 is 0 Å². The summed E-state index contributed by atoms with van der Waals surface area (Å²) >= 11 is 0. The van der Waals surface area contributed by atoms with Gasteiger partial charge in [0, 0.05) is 7.05 Å². The highest BCUT2D eigenvalue weighted by atomic mass is 16.6. The zero-order valence-electron chi connectivity index (χ0n) is 26.4. The maximum atomic E-state index is 12.2. The van der Waals surface area contributed by atoms with Crippen molar-refractivity contribution < 1.29 is 19.0 Å². The molecule has 4 aromatic carbocycles. The van der Waals surface area contributed by atoms with Crippen LogP contribution in [0.15, 0.2) is 89.2 Å². The van der Waals surface area contributed by atoms with Crippen molar-refractivity contribution in [3.63, 3.8) is 0 Å². The summed E-state index contributed by atoms with van der Waals surface area (Å²) in [5.41, 5.74) is 13.2. The number of hydrazine groups is 1. The molecule has 2 aliphatic rings. The van der Waals surface area contributed by atoms with Crippen LogP contribution in [0.3, 0.4) is 0 Å². The van der Waals surface area contributed by atoms with Crippen molar-refractivity contribution in [1.29, 1.82) is 0 Å². The Morgan fingerprint density at radius 1 is 0.911 bits per heavy atom. The zero-order chi connectivity index (χ0) is 31.3. The fourth-order valence-corrected chi connectivity index (χ4v) is 6.44. The molecular weight excluding hydrogens is 564 g/mol. The molecule has 1 aliphatic heterocycles. The highest BCUT2D eigenvalue weighted by Crippen LogP contribution is 2.39. The number of ether oxygens (including phenoxy) is 3. The predicted molar refractivity (Wildman–Crippen MR) is 174 cm³/mol. The van der Waals surface area contributed by atoms with Crippen LogP contribution in [-0.4, -0.2) is 37.4 Å². The van der Waals surface area contributed by atoms with Crippen molar-refractivity contribution in [2.45, 2.75) is 58.7 Å². The first-order valence-electron chi connectivity index (χ1n) is 15.6. The van der Waals surface area contributed by atoms with Crippen LogP contribution in [0.25, 0.3) is 11.1 Å². The normalized spacial score (nSPS) is 17.2. The average molecular weight is 605 g/mol. The summed E-state index contributed by atoms with van der Waals surface area (Å²) in [4.78, 5) is 12.2. The van der Waals surface area contributed by atoms with Gasteiger partial charge in [0.25, 0.3) is 0 Å². The van der Waals surface area contributed by atoms with Gasteiger partial charge in [0.2, 0.25) is 0 Å². The van der Waals surface area contributed by atoms with Crippen LogP contribution in [0.2, 0.25) is 0 Å². The van der Waals surface area contributed by atoms with Crippen LogP contribution in [0.4, 0.5) is 0 Å². The molecule has 45 heavy (non-hydrogen) atoms. The molecule has 8 heteroatoms. The van der Waals surface area contributed by atoms with E-state index in [-0.39, 0.29) is 25.3 Å². The van der Waals surface area contributed by atoms with Gasteiger partial charge in [-0.2, -0.15) is 5.01 Å². The maximum Gasteiger partial charge on any atom is 0.338 e. The molecule has 0 bridgehead atoms. The quantitative estimate of drug-likeness (QED) is 0.140. The van der Waals surface area contributed by atoms with E-state index >= 15 is 0 Å². The lowest BCUT2D eigenvalue weighted by Crippen LogP contribution is -2.34. The van der Waals surface area contributed by atoms with Gasteiger partial charge in [-0.05, 0) is 127 Å². The zero-order valence-corrected chi connectivity index (χ0v) is 26.4. The lowest BCUT2D eigenvalue weighted by Gasteiger charge is -2.20. The van der Waals surface area contributed by atoms with Gasteiger partial charge in [0.1, 0.15) is 37.5 Å². The monoisotopic (exact) mass is 604 g/mol. The lowest BCUT2D eigenvalue weighted by atomic mass is 9.90. The smallest absolute Gasteiger partial charge is 0.338 e. The van der Waals surface area contributed by atoms with Crippen LogP contribution < -0.4 is 15.0 Å². The summed E-state index contributed by atoms with van der Waals surface area (Å²) in [5.74, 6) is 1.80. The number of aryl methyl sites for hydroxylation is 3. The highest BCUT2D eigenvalue weighted by Gasteiger charge is 2.29. The van der Waals surface area contributed by atoms with E-state index in [2.05, 4.69) is 73.0 Å². The van der Waals surface area contributed by atoms with Gasteiger partial charge in [-0.15, -0.1) is 5.11 Å². The Kier molecular flexibility index (Phi) is 9.12. The fourth-order valence-electron chi connectivity index (χ4n) is 6.44. The summed E-state index contributed by atoms with van der Waals surface area (Å²) in [6.07, 6.45) is 3.23. The molecule has 0 saturated carbocycles. The van der Waals surface area contributed by atoms with Crippen LogP contribution in [0, 0.1) is 20.8 Å². The number of carbonyl (C=O) groups excluding carboxylic acids is 1. The minimum atomic E-state index is -0.347. The summed E-state index contributed by atoms with van der Waals surface area (Å²) in [5, 5.41) is 10.2. The second-order valence-electron chi connectivity index (χ2n) is 11.9. The summed E-state index contributed by atoms with van der Waals surface area (Å²) in [6.45, 7) is 7.35. The third kappa shape index (κ3) is 6.86. The van der Waals surface area contributed by atoms with Gasteiger partial charge in [-0.1, -0.05) is 47.7 Å². The first-order chi connectivity index (χ1) is 21.9. The molecule has 0 spiro atoms. The first-order valence-corrected chi connectivity index (χ1v) is 15.6. The molecule has 1 N–H and O–H groups in total. The fraction of sp³-hybridized carbons (Fsp3) is 0.324. The molecule has 2 atom stereocenters. The van der Waals surface area contributed by atoms with Crippen LogP contribution in [0.1, 0.15) is 62.5 Å². The number of carbonyl (C=O) groups is 1. The molecule has 0 aromatic heterocycles. The number of hydrogen-bond acceptors (Lipinski definition) is 8. The van der Waals surface area contributed by atoms with Crippen molar-refractivity contribution >= 4 is 5.97 Å². The van der Waals surface area contributed by atoms with Crippen molar-refractivity contribution in [2.24, 2.45) is 10.3 Å². The molecule has 232 valence electrons. The van der Waals surface area contributed by atoms with E-state index in [1.165, 1.54) is 27.8 Å². The Morgan fingerprint density at radius 3 is 2.47 bits per heavy atom. The van der Waals surface area contributed by atoms with Gasteiger partial charge in [-0.3, -0.25) is 0 Å². The molecule has 2 unspecified atom stereocenters. The van der Waals surface area contributed by atoms with Gasteiger partial charge in [0.15, 0.2) is 0 Å². The minimum absolute atomic E-state index is 0.0832. The number of nitrogens with one attached hydrogen (secondary N) is 1. The second-order valence-corrected chi connectivity index (χ2v) is 11.9. The molecule has 0 radical (unpaired) electrons. The SMILES string of the molecule is Cc1cc(OCCOC(=O)c2ccccc2)cc(C)c1-c1cccc(COc2ccc3c(c2)CCC3CC2N=NNN2C)c1C. The van der Waals surface area contributed by atoms with Crippen molar-refractivity contribution in [3.05, 3.63) is 118 Å². The number of rotatable bonds is 11. The molecule has 8 nitrogen and oxygen atoms in total. The van der Waals surface area contributed by atoms with Crippen molar-refractivity contribution in [2.75, 3.05) is 20.3 Å². The van der Waals surface area contributed by atoms with Crippen LogP contribution in [0.5, 0.6) is 11.5 Å². The molecule has 6 rings (SSSR count). The highest BCUT2D eigenvalue weighted by molar-refractivity contribution is 5.89. The Hall–Kier alpha value is -4.69. The Bertz CT molecular complexity index is 1680. The molecule has 0 saturated heterocycles. The molecule has 0 amide bonds. The largest absolute Gasteiger partial charge is 0.490 e. The standard InChI is InChI=1S/C37H40N4O4/c1-24-19-32(43-17-18-44-37(42)27-9-6-5-7-10-27)20-25(2)36(24)33-12-8-11-30(26(33)3)23-45-31-15-16-34-28(21-31)13-14-29(34)22-35-38-39-40-41(35)4/h5-12,15-16,19-21,29,35H,13-14,17-18,22-23H2,1-4H3,(H,38,40). The summed E-state index contributed by atoms with van der Waals surface area (Å²) < 4.78 is 17.7. The average Bonchev–Trinajstić information content (AvgIpc) is 3.64. The summed E-state index contributed by atoms with van der Waals surface area (Å²) in [7, 11) is 1.98. The van der Waals surface area contributed by atoms with Crippen molar-refractivity contribution in [1.82, 2.24) is 10.5 Å². The summed E-state index contributed by atoms with van der Waals surface area (Å²) in [6, 6.07) is 26.0. The Labute approximate surface area is 265 Å². The minimum Gasteiger partial charge on any atom is -0.490 e. The number of hydrogen-bond donors (Lipinski definition) is 1. The number of fused-ring (bicyclic) bond motifs is 1. The van der Waals surface area contributed by atoms with Crippen molar-refractivity contribution in [3.8, 4) is 22.6 Å². The van der Waals surface area contributed by atoms with Gasteiger partial charge < -0.3 is 14.2 Å².